The maximum atomic E-state index is 11.1. The van der Waals surface area contributed by atoms with Gasteiger partial charge in [0.2, 0.25) is 0 Å². The third-order valence-electron chi connectivity index (χ3n) is 5.28. The van der Waals surface area contributed by atoms with Crippen LogP contribution < -0.4 is 11.1 Å². The van der Waals surface area contributed by atoms with E-state index in [9.17, 15) is 4.79 Å². The second-order valence-electron chi connectivity index (χ2n) is 7.03. The van der Waals surface area contributed by atoms with Gasteiger partial charge in [0.05, 0.1) is 0 Å². The van der Waals surface area contributed by atoms with Crippen molar-refractivity contribution < 1.29 is 9.21 Å². The molecule has 0 atom stereocenters. The SMILES string of the molecule is CCNC(=NCc1ccc(C(N)=O)o1)N1CCC2(CCCCC2)C1. The number of aliphatic imine (C=N–C) groups is 1. The van der Waals surface area contributed by atoms with Crippen molar-refractivity contribution in [3.05, 3.63) is 23.7 Å². The van der Waals surface area contributed by atoms with Crippen LogP contribution in [0.1, 0.15) is 61.8 Å². The number of furan rings is 1. The van der Waals surface area contributed by atoms with E-state index in [1.54, 1.807) is 12.1 Å². The zero-order valence-corrected chi connectivity index (χ0v) is 14.5. The highest BCUT2D eigenvalue weighted by Crippen LogP contribution is 2.43. The molecule has 3 N–H and O–H groups in total. The summed E-state index contributed by atoms with van der Waals surface area (Å²) in [5.41, 5.74) is 5.72. The fourth-order valence-corrected chi connectivity index (χ4v) is 4.00. The lowest BCUT2D eigenvalue weighted by molar-refractivity contribution is 0.0972. The summed E-state index contributed by atoms with van der Waals surface area (Å²) in [5.74, 6) is 1.24. The van der Waals surface area contributed by atoms with Gasteiger partial charge in [0, 0.05) is 19.6 Å². The van der Waals surface area contributed by atoms with Crippen LogP contribution in [-0.4, -0.2) is 36.4 Å². The molecule has 2 heterocycles. The minimum Gasteiger partial charge on any atom is -0.454 e. The second-order valence-corrected chi connectivity index (χ2v) is 7.03. The molecule has 1 aliphatic carbocycles. The number of hydrogen-bond acceptors (Lipinski definition) is 3. The third kappa shape index (κ3) is 3.74. The predicted octanol–water partition coefficient (Wildman–Crippen LogP) is 2.50. The van der Waals surface area contributed by atoms with Crippen LogP contribution in [-0.2, 0) is 6.54 Å². The van der Waals surface area contributed by atoms with Crippen molar-refractivity contribution in [1.29, 1.82) is 0 Å². The van der Waals surface area contributed by atoms with Gasteiger partial charge >= 0.3 is 0 Å². The van der Waals surface area contributed by atoms with E-state index < -0.39 is 5.91 Å². The van der Waals surface area contributed by atoms with Crippen LogP contribution in [0.5, 0.6) is 0 Å². The Morgan fingerprint density at radius 2 is 2.12 bits per heavy atom. The molecule has 0 radical (unpaired) electrons. The quantitative estimate of drug-likeness (QED) is 0.655. The Hall–Kier alpha value is -1.98. The molecule has 1 aromatic heterocycles. The van der Waals surface area contributed by atoms with Gasteiger partial charge < -0.3 is 20.4 Å². The molecule has 2 fully saturated rings. The number of nitrogens with zero attached hydrogens (tertiary/aromatic N) is 2. The summed E-state index contributed by atoms with van der Waals surface area (Å²) < 4.78 is 5.42. The lowest BCUT2D eigenvalue weighted by atomic mass is 9.73. The molecule has 1 spiro atoms. The van der Waals surface area contributed by atoms with Gasteiger partial charge in [-0.15, -0.1) is 0 Å². The molecular formula is C18H28N4O2. The molecule has 0 aromatic carbocycles. The van der Waals surface area contributed by atoms with Gasteiger partial charge in [0.1, 0.15) is 12.3 Å². The standard InChI is InChI=1S/C18H28N4O2/c1-2-20-17(21-12-14-6-7-15(24-14)16(19)23)22-11-10-18(13-22)8-4-3-5-9-18/h6-7H,2-5,8-13H2,1H3,(H2,19,23)(H,20,21). The van der Waals surface area contributed by atoms with Gasteiger partial charge in [-0.3, -0.25) is 4.79 Å². The number of primary amides is 1. The molecular weight excluding hydrogens is 304 g/mol. The van der Waals surface area contributed by atoms with Gasteiger partial charge in [0.25, 0.3) is 5.91 Å². The molecule has 1 aromatic rings. The van der Waals surface area contributed by atoms with Crippen molar-refractivity contribution in [2.75, 3.05) is 19.6 Å². The molecule has 0 bridgehead atoms. The number of likely N-dealkylation sites (tertiary alicyclic amines) is 1. The van der Waals surface area contributed by atoms with Crippen LogP contribution in [0.2, 0.25) is 0 Å². The molecule has 1 amide bonds. The van der Waals surface area contributed by atoms with Crippen LogP contribution in [0.3, 0.4) is 0 Å². The van der Waals surface area contributed by atoms with Gasteiger partial charge in [0.15, 0.2) is 11.7 Å². The average Bonchev–Trinajstić information content (AvgIpc) is 3.20. The Labute approximate surface area is 143 Å². The van der Waals surface area contributed by atoms with Crippen LogP contribution in [0.15, 0.2) is 21.5 Å². The fraction of sp³-hybridized carbons (Fsp3) is 0.667. The number of nitrogens with one attached hydrogen (secondary N) is 1. The van der Waals surface area contributed by atoms with Crippen molar-refractivity contribution >= 4 is 11.9 Å². The highest BCUT2D eigenvalue weighted by atomic mass is 16.3. The van der Waals surface area contributed by atoms with Gasteiger partial charge in [-0.2, -0.15) is 0 Å². The van der Waals surface area contributed by atoms with Crippen molar-refractivity contribution in [3.63, 3.8) is 0 Å². The number of nitrogens with two attached hydrogens (primary N) is 1. The monoisotopic (exact) mass is 332 g/mol. The van der Waals surface area contributed by atoms with E-state index in [2.05, 4.69) is 17.1 Å². The Bertz CT molecular complexity index is 602. The first kappa shape index (κ1) is 16.9. The number of carbonyl (C=O) groups is 1. The summed E-state index contributed by atoms with van der Waals surface area (Å²) in [7, 11) is 0. The van der Waals surface area contributed by atoms with Crippen molar-refractivity contribution in [1.82, 2.24) is 10.2 Å². The zero-order chi connectivity index (χ0) is 17.0. The van der Waals surface area contributed by atoms with Crippen LogP contribution >= 0.6 is 0 Å². The van der Waals surface area contributed by atoms with Gasteiger partial charge in [-0.25, -0.2) is 4.99 Å². The molecule has 2 aliphatic rings. The smallest absolute Gasteiger partial charge is 0.284 e. The molecule has 6 heteroatoms. The lowest BCUT2D eigenvalue weighted by Gasteiger charge is -2.33. The van der Waals surface area contributed by atoms with Crippen molar-refractivity contribution in [3.8, 4) is 0 Å². The van der Waals surface area contributed by atoms with Gasteiger partial charge in [-0.05, 0) is 43.7 Å². The fourth-order valence-electron chi connectivity index (χ4n) is 4.00. The number of hydrogen-bond donors (Lipinski definition) is 2. The average molecular weight is 332 g/mol. The van der Waals surface area contributed by atoms with Crippen molar-refractivity contribution in [2.24, 2.45) is 16.1 Å². The summed E-state index contributed by atoms with van der Waals surface area (Å²) in [6.45, 7) is 5.51. The van der Waals surface area contributed by atoms with E-state index in [0.717, 1.165) is 25.6 Å². The summed E-state index contributed by atoms with van der Waals surface area (Å²) in [6, 6.07) is 3.37. The number of carbonyl (C=O) groups excluding carboxylic acids is 1. The molecule has 6 nitrogen and oxygen atoms in total. The summed E-state index contributed by atoms with van der Waals surface area (Å²) in [4.78, 5) is 18.2. The predicted molar refractivity (Wildman–Crippen MR) is 93.7 cm³/mol. The molecule has 24 heavy (non-hydrogen) atoms. The largest absolute Gasteiger partial charge is 0.454 e. The highest BCUT2D eigenvalue weighted by Gasteiger charge is 2.39. The molecule has 1 aliphatic heterocycles. The molecule has 1 saturated carbocycles. The number of guanidine groups is 1. The third-order valence-corrected chi connectivity index (χ3v) is 5.28. The second kappa shape index (κ2) is 7.28. The van der Waals surface area contributed by atoms with Crippen LogP contribution in [0.4, 0.5) is 0 Å². The Morgan fingerprint density at radius 1 is 1.33 bits per heavy atom. The van der Waals surface area contributed by atoms with E-state index in [-0.39, 0.29) is 5.76 Å². The number of rotatable bonds is 4. The molecule has 132 valence electrons. The van der Waals surface area contributed by atoms with Crippen LogP contribution in [0.25, 0.3) is 0 Å². The molecule has 1 saturated heterocycles. The van der Waals surface area contributed by atoms with E-state index in [4.69, 9.17) is 15.1 Å². The van der Waals surface area contributed by atoms with E-state index in [0.29, 0.717) is 17.7 Å². The van der Waals surface area contributed by atoms with E-state index in [1.807, 2.05) is 0 Å². The Morgan fingerprint density at radius 3 is 2.79 bits per heavy atom. The topological polar surface area (TPSA) is 83.9 Å². The van der Waals surface area contributed by atoms with Crippen molar-refractivity contribution in [2.45, 2.75) is 52.0 Å². The van der Waals surface area contributed by atoms with E-state index >= 15 is 0 Å². The summed E-state index contributed by atoms with van der Waals surface area (Å²) in [6.07, 6.45) is 8.08. The lowest BCUT2D eigenvalue weighted by Crippen LogP contribution is -2.41. The normalized spacial score (nSPS) is 20.5. The maximum Gasteiger partial charge on any atom is 0.284 e. The first-order valence-electron chi connectivity index (χ1n) is 9.04. The minimum absolute atomic E-state index is 0.188. The van der Waals surface area contributed by atoms with Crippen LogP contribution in [0, 0.1) is 5.41 Å². The zero-order valence-electron chi connectivity index (χ0n) is 14.5. The Kier molecular flexibility index (Phi) is 5.11. The maximum absolute atomic E-state index is 11.1. The summed E-state index contributed by atoms with van der Waals surface area (Å²) >= 11 is 0. The van der Waals surface area contributed by atoms with E-state index in [1.165, 1.54) is 38.5 Å². The Balaban J connectivity index is 1.66. The minimum atomic E-state index is -0.545. The molecule has 3 rings (SSSR count). The summed E-state index contributed by atoms with van der Waals surface area (Å²) in [5, 5.41) is 3.39. The molecule has 0 unspecified atom stereocenters. The van der Waals surface area contributed by atoms with Gasteiger partial charge in [-0.1, -0.05) is 19.3 Å². The number of amides is 1. The first-order chi connectivity index (χ1) is 11.6. The highest BCUT2D eigenvalue weighted by molar-refractivity contribution is 5.89. The first-order valence-corrected chi connectivity index (χ1v) is 9.04.